The Labute approximate surface area is 109 Å². The van der Waals surface area contributed by atoms with Crippen LogP contribution in [0.1, 0.15) is 27.2 Å². The van der Waals surface area contributed by atoms with Crippen LogP contribution in [0.4, 0.5) is 0 Å². The van der Waals surface area contributed by atoms with Crippen LogP contribution >= 0.6 is 0 Å². The van der Waals surface area contributed by atoms with E-state index in [1.54, 1.807) is 0 Å². The summed E-state index contributed by atoms with van der Waals surface area (Å²) in [6.45, 7) is 10.4. The predicted octanol–water partition coefficient (Wildman–Crippen LogP) is 1.18. The second kappa shape index (κ2) is 5.41. The molecule has 102 valence electrons. The Bertz CT molecular complexity index is 338. The molecule has 2 aliphatic heterocycles. The van der Waals surface area contributed by atoms with E-state index in [9.17, 15) is 4.79 Å². The molecule has 1 unspecified atom stereocenters. The van der Waals surface area contributed by atoms with Crippen molar-refractivity contribution in [3.63, 3.8) is 0 Å². The van der Waals surface area contributed by atoms with Gasteiger partial charge in [0, 0.05) is 26.2 Å². The molecule has 1 fully saturated rings. The van der Waals surface area contributed by atoms with Gasteiger partial charge in [-0.05, 0) is 11.8 Å². The van der Waals surface area contributed by atoms with Crippen LogP contribution in [-0.2, 0) is 9.53 Å². The smallest absolute Gasteiger partial charge is 0.253 e. The van der Waals surface area contributed by atoms with Gasteiger partial charge in [-0.25, -0.2) is 0 Å². The number of hydrogen-bond donors (Lipinski definition) is 1. The van der Waals surface area contributed by atoms with Crippen LogP contribution in [0, 0.1) is 5.41 Å². The molecule has 2 rings (SSSR count). The summed E-state index contributed by atoms with van der Waals surface area (Å²) in [4.78, 5) is 14.2. The van der Waals surface area contributed by atoms with Crippen molar-refractivity contribution >= 4 is 5.91 Å². The van der Waals surface area contributed by atoms with Gasteiger partial charge in [0.15, 0.2) is 0 Å². The van der Waals surface area contributed by atoms with Gasteiger partial charge in [0.05, 0.1) is 6.61 Å². The van der Waals surface area contributed by atoms with Crippen molar-refractivity contribution in [2.24, 2.45) is 5.41 Å². The van der Waals surface area contributed by atoms with Crippen molar-refractivity contribution in [2.45, 2.75) is 33.3 Å². The minimum absolute atomic E-state index is 0.131. The van der Waals surface area contributed by atoms with Crippen molar-refractivity contribution < 1.29 is 9.53 Å². The minimum atomic E-state index is -0.289. The highest BCUT2D eigenvalue weighted by atomic mass is 16.5. The molecule has 1 saturated heterocycles. The van der Waals surface area contributed by atoms with E-state index in [-0.39, 0.29) is 17.4 Å². The molecule has 18 heavy (non-hydrogen) atoms. The van der Waals surface area contributed by atoms with Gasteiger partial charge in [-0.15, -0.1) is 0 Å². The second-order valence-corrected chi connectivity index (χ2v) is 6.08. The van der Waals surface area contributed by atoms with Gasteiger partial charge in [-0.1, -0.05) is 32.4 Å². The molecule has 0 radical (unpaired) electrons. The van der Waals surface area contributed by atoms with Crippen LogP contribution in [0.2, 0.25) is 0 Å². The van der Waals surface area contributed by atoms with Gasteiger partial charge in [-0.3, -0.25) is 4.79 Å². The molecule has 0 aromatic rings. The molecule has 1 atom stereocenters. The first-order valence-corrected chi connectivity index (χ1v) is 6.79. The Balaban J connectivity index is 1.92. The van der Waals surface area contributed by atoms with Gasteiger partial charge in [0.1, 0.15) is 6.10 Å². The van der Waals surface area contributed by atoms with Crippen LogP contribution in [0.5, 0.6) is 0 Å². The summed E-state index contributed by atoms with van der Waals surface area (Å²) < 4.78 is 5.51. The summed E-state index contributed by atoms with van der Waals surface area (Å²) in [5.74, 6) is 0.131. The van der Waals surface area contributed by atoms with E-state index in [1.807, 2.05) is 4.90 Å². The first kappa shape index (κ1) is 13.6. The Morgan fingerprint density at radius 2 is 2.28 bits per heavy atom. The Kier molecular flexibility index (Phi) is 4.07. The number of carbonyl (C=O) groups excluding carboxylic acids is 1. The molecular formula is C14H24N2O2. The van der Waals surface area contributed by atoms with Crippen molar-refractivity contribution in [3.8, 4) is 0 Å². The molecular weight excluding hydrogens is 228 g/mol. The predicted molar refractivity (Wildman–Crippen MR) is 71.3 cm³/mol. The summed E-state index contributed by atoms with van der Waals surface area (Å²) in [5, 5.41) is 3.20. The maximum Gasteiger partial charge on any atom is 0.253 e. The molecule has 0 spiro atoms. The van der Waals surface area contributed by atoms with Crippen LogP contribution in [0.15, 0.2) is 11.6 Å². The van der Waals surface area contributed by atoms with Crippen molar-refractivity contribution in [2.75, 3.05) is 32.8 Å². The number of hydrogen-bond acceptors (Lipinski definition) is 3. The van der Waals surface area contributed by atoms with E-state index < -0.39 is 0 Å². The average molecular weight is 252 g/mol. The summed E-state index contributed by atoms with van der Waals surface area (Å²) >= 11 is 0. The van der Waals surface area contributed by atoms with Crippen LogP contribution in [0.25, 0.3) is 0 Å². The molecule has 1 amide bonds. The zero-order valence-electron chi connectivity index (χ0n) is 11.7. The summed E-state index contributed by atoms with van der Waals surface area (Å²) in [5.41, 5.74) is 1.67. The monoisotopic (exact) mass is 252 g/mol. The molecule has 0 aromatic heterocycles. The maximum absolute atomic E-state index is 12.2. The van der Waals surface area contributed by atoms with Crippen LogP contribution in [-0.4, -0.2) is 49.7 Å². The second-order valence-electron chi connectivity index (χ2n) is 6.08. The molecule has 4 nitrogen and oxygen atoms in total. The average Bonchev–Trinajstić information content (AvgIpc) is 2.38. The van der Waals surface area contributed by atoms with Gasteiger partial charge >= 0.3 is 0 Å². The Hall–Kier alpha value is -0.870. The fourth-order valence-electron chi connectivity index (χ4n) is 2.48. The van der Waals surface area contributed by atoms with Crippen LogP contribution < -0.4 is 5.32 Å². The lowest BCUT2D eigenvalue weighted by molar-refractivity contribution is -0.144. The first-order chi connectivity index (χ1) is 8.48. The largest absolute Gasteiger partial charge is 0.366 e. The van der Waals surface area contributed by atoms with E-state index in [1.165, 1.54) is 5.57 Å². The topological polar surface area (TPSA) is 41.6 Å². The van der Waals surface area contributed by atoms with Crippen LogP contribution in [0.3, 0.4) is 0 Å². The van der Waals surface area contributed by atoms with Crippen molar-refractivity contribution in [1.29, 1.82) is 0 Å². The standard InChI is InChI=1S/C14H24N2O2/c1-14(2,3)11-4-7-16(8-5-11)13(17)12-10-15-6-9-18-12/h4,12,15H,5-10H2,1-3H3. The fourth-order valence-corrected chi connectivity index (χ4v) is 2.48. The number of ether oxygens (including phenoxy) is 1. The molecule has 2 aliphatic rings. The number of nitrogens with zero attached hydrogens (tertiary/aromatic N) is 1. The minimum Gasteiger partial charge on any atom is -0.366 e. The van der Waals surface area contributed by atoms with E-state index in [4.69, 9.17) is 4.74 Å². The summed E-state index contributed by atoms with van der Waals surface area (Å²) in [7, 11) is 0. The summed E-state index contributed by atoms with van der Waals surface area (Å²) in [6, 6.07) is 0. The third-order valence-electron chi connectivity index (χ3n) is 3.69. The first-order valence-electron chi connectivity index (χ1n) is 6.79. The molecule has 4 heteroatoms. The van der Waals surface area contributed by atoms with Crippen molar-refractivity contribution in [3.05, 3.63) is 11.6 Å². The highest BCUT2D eigenvalue weighted by Crippen LogP contribution is 2.30. The lowest BCUT2D eigenvalue weighted by atomic mass is 9.83. The van der Waals surface area contributed by atoms with Crippen molar-refractivity contribution in [1.82, 2.24) is 10.2 Å². The molecule has 1 N–H and O–H groups in total. The lowest BCUT2D eigenvalue weighted by Gasteiger charge is -2.34. The SMILES string of the molecule is CC(C)(C)C1=CCN(C(=O)C2CNCCO2)CC1. The zero-order valence-corrected chi connectivity index (χ0v) is 11.7. The Morgan fingerprint density at radius 1 is 1.50 bits per heavy atom. The molecule has 0 saturated carbocycles. The zero-order chi connectivity index (χ0) is 13.2. The van der Waals surface area contributed by atoms with E-state index in [0.29, 0.717) is 13.2 Å². The molecule has 0 aromatic carbocycles. The van der Waals surface area contributed by atoms with Gasteiger partial charge in [0.2, 0.25) is 0 Å². The number of rotatable bonds is 1. The highest BCUT2D eigenvalue weighted by molar-refractivity contribution is 5.81. The maximum atomic E-state index is 12.2. The summed E-state index contributed by atoms with van der Waals surface area (Å²) in [6.07, 6.45) is 2.90. The number of amides is 1. The molecule has 2 heterocycles. The quantitative estimate of drug-likeness (QED) is 0.713. The third kappa shape index (κ3) is 3.12. The lowest BCUT2D eigenvalue weighted by Crippen LogP contribution is -2.50. The number of carbonyl (C=O) groups is 1. The number of morpholine rings is 1. The third-order valence-corrected chi connectivity index (χ3v) is 3.69. The molecule has 0 bridgehead atoms. The van der Waals surface area contributed by atoms with E-state index in [0.717, 1.165) is 26.1 Å². The molecule has 0 aliphatic carbocycles. The number of nitrogens with one attached hydrogen (secondary N) is 1. The van der Waals surface area contributed by atoms with E-state index >= 15 is 0 Å². The van der Waals surface area contributed by atoms with Gasteiger partial charge in [0.25, 0.3) is 5.91 Å². The van der Waals surface area contributed by atoms with Gasteiger partial charge in [-0.2, -0.15) is 0 Å². The normalized spacial score (nSPS) is 25.8. The fraction of sp³-hybridized carbons (Fsp3) is 0.786. The highest BCUT2D eigenvalue weighted by Gasteiger charge is 2.29. The van der Waals surface area contributed by atoms with Gasteiger partial charge < -0.3 is 15.0 Å². The Morgan fingerprint density at radius 3 is 2.78 bits per heavy atom. The van der Waals surface area contributed by atoms with E-state index in [2.05, 4.69) is 32.2 Å².